The molecule has 0 spiro atoms. The number of aromatic nitrogens is 1. The average Bonchev–Trinajstić information content (AvgIpc) is 3.37. The molecule has 29 heavy (non-hydrogen) atoms. The van der Waals surface area contributed by atoms with E-state index in [1.165, 1.54) is 28.9 Å². The van der Waals surface area contributed by atoms with E-state index in [2.05, 4.69) is 36.3 Å². The number of hydrogen-bond acceptors (Lipinski definition) is 2. The third kappa shape index (κ3) is 4.01. The number of hydrogen-bond donors (Lipinski definition) is 3. The fourth-order valence-electron chi connectivity index (χ4n) is 4.43. The summed E-state index contributed by atoms with van der Waals surface area (Å²) < 4.78 is 5.42. The second-order valence-corrected chi connectivity index (χ2v) is 8.04. The van der Waals surface area contributed by atoms with Crippen LogP contribution in [0.4, 0.5) is 0 Å². The molecule has 1 aromatic heterocycles. The SMILES string of the molecule is COc1cccc([C@@H](CNC(=O)c2ccc3[nH]c(C)c(C)c3c2)[NH+]2CCCC2)c1. The Labute approximate surface area is 172 Å². The molecule has 152 valence electrons. The summed E-state index contributed by atoms with van der Waals surface area (Å²) >= 11 is 0. The Morgan fingerprint density at radius 1 is 1.17 bits per heavy atom. The summed E-state index contributed by atoms with van der Waals surface area (Å²) in [6.45, 7) is 7.06. The molecule has 2 heterocycles. The Morgan fingerprint density at radius 3 is 2.72 bits per heavy atom. The summed E-state index contributed by atoms with van der Waals surface area (Å²) in [6.07, 6.45) is 2.49. The first-order valence-electron chi connectivity index (χ1n) is 10.4. The van der Waals surface area contributed by atoms with E-state index in [0.717, 1.165) is 35.4 Å². The van der Waals surface area contributed by atoms with Crippen LogP contribution in [0.3, 0.4) is 0 Å². The molecule has 5 heteroatoms. The third-order valence-electron chi connectivity index (χ3n) is 6.27. The second-order valence-electron chi connectivity index (χ2n) is 8.04. The summed E-state index contributed by atoms with van der Waals surface area (Å²) in [6, 6.07) is 14.4. The van der Waals surface area contributed by atoms with E-state index in [0.29, 0.717) is 12.1 Å². The zero-order valence-corrected chi connectivity index (χ0v) is 17.5. The fourth-order valence-corrected chi connectivity index (χ4v) is 4.43. The molecule has 5 nitrogen and oxygen atoms in total. The van der Waals surface area contributed by atoms with Crippen LogP contribution in [0.2, 0.25) is 0 Å². The van der Waals surface area contributed by atoms with Gasteiger partial charge in [0.15, 0.2) is 0 Å². The molecule has 1 aliphatic rings. The molecule has 1 saturated heterocycles. The lowest BCUT2D eigenvalue weighted by molar-refractivity contribution is -0.918. The first-order chi connectivity index (χ1) is 14.1. The van der Waals surface area contributed by atoms with E-state index in [1.807, 2.05) is 30.3 Å². The van der Waals surface area contributed by atoms with Crippen molar-refractivity contribution in [3.05, 3.63) is 64.8 Å². The number of H-pyrrole nitrogens is 1. The van der Waals surface area contributed by atoms with Crippen LogP contribution in [0.1, 0.15) is 46.1 Å². The van der Waals surface area contributed by atoms with Crippen molar-refractivity contribution >= 4 is 16.8 Å². The quantitative estimate of drug-likeness (QED) is 0.604. The zero-order valence-electron chi connectivity index (χ0n) is 17.5. The van der Waals surface area contributed by atoms with Crippen molar-refractivity contribution < 1.29 is 14.4 Å². The van der Waals surface area contributed by atoms with Crippen molar-refractivity contribution in [2.24, 2.45) is 0 Å². The predicted molar refractivity (Wildman–Crippen MR) is 116 cm³/mol. The molecule has 0 radical (unpaired) electrons. The minimum absolute atomic E-state index is 0.0170. The van der Waals surface area contributed by atoms with E-state index in [4.69, 9.17) is 4.74 Å². The Hall–Kier alpha value is -2.79. The van der Waals surface area contributed by atoms with Gasteiger partial charge in [-0.25, -0.2) is 0 Å². The highest BCUT2D eigenvalue weighted by molar-refractivity contribution is 5.99. The van der Waals surface area contributed by atoms with E-state index in [9.17, 15) is 4.79 Å². The van der Waals surface area contributed by atoms with Crippen molar-refractivity contribution in [2.75, 3.05) is 26.7 Å². The molecule has 1 aliphatic heterocycles. The first-order valence-corrected chi connectivity index (χ1v) is 10.4. The largest absolute Gasteiger partial charge is 0.497 e. The molecule has 3 N–H and O–H groups in total. The smallest absolute Gasteiger partial charge is 0.251 e. The second kappa shape index (κ2) is 8.29. The highest BCUT2D eigenvalue weighted by Gasteiger charge is 2.28. The van der Waals surface area contributed by atoms with Crippen LogP contribution in [-0.2, 0) is 0 Å². The Kier molecular flexibility index (Phi) is 5.58. The minimum atomic E-state index is -0.0170. The monoisotopic (exact) mass is 392 g/mol. The number of rotatable bonds is 6. The summed E-state index contributed by atoms with van der Waals surface area (Å²) in [4.78, 5) is 17.8. The molecule has 1 atom stereocenters. The first kappa shape index (κ1) is 19.5. The van der Waals surface area contributed by atoms with Crippen LogP contribution >= 0.6 is 0 Å². The van der Waals surface area contributed by atoms with Crippen LogP contribution in [-0.4, -0.2) is 37.6 Å². The number of amides is 1. The van der Waals surface area contributed by atoms with E-state index in [1.54, 1.807) is 7.11 Å². The van der Waals surface area contributed by atoms with Gasteiger partial charge in [0, 0.05) is 40.6 Å². The van der Waals surface area contributed by atoms with Crippen molar-refractivity contribution in [1.29, 1.82) is 0 Å². The standard InChI is InChI=1S/C24H29N3O2/c1-16-17(2)26-22-10-9-19(14-21(16)22)24(28)25-15-23(27-11-4-5-12-27)18-7-6-8-20(13-18)29-3/h6-10,13-14,23,26H,4-5,11-12,15H2,1-3H3,(H,25,28)/p+1/t23-/m1/s1. The number of benzene rings is 2. The van der Waals surface area contributed by atoms with Gasteiger partial charge in [0.2, 0.25) is 0 Å². The highest BCUT2D eigenvalue weighted by atomic mass is 16.5. The predicted octanol–water partition coefficient (Wildman–Crippen LogP) is 2.94. The maximum absolute atomic E-state index is 12.9. The summed E-state index contributed by atoms with van der Waals surface area (Å²) in [7, 11) is 1.69. The molecule has 0 aliphatic carbocycles. The van der Waals surface area contributed by atoms with Crippen LogP contribution < -0.4 is 15.0 Å². The number of aryl methyl sites for hydroxylation is 2. The molecule has 1 fully saturated rings. The maximum atomic E-state index is 12.9. The van der Waals surface area contributed by atoms with Gasteiger partial charge in [-0.1, -0.05) is 12.1 Å². The molecule has 4 rings (SSSR count). The van der Waals surface area contributed by atoms with Gasteiger partial charge in [-0.15, -0.1) is 0 Å². The maximum Gasteiger partial charge on any atom is 0.251 e. The van der Waals surface area contributed by atoms with Crippen molar-refractivity contribution in [2.45, 2.75) is 32.7 Å². The van der Waals surface area contributed by atoms with Gasteiger partial charge in [-0.3, -0.25) is 4.79 Å². The van der Waals surface area contributed by atoms with E-state index >= 15 is 0 Å². The van der Waals surface area contributed by atoms with Gasteiger partial charge >= 0.3 is 0 Å². The van der Waals surface area contributed by atoms with Gasteiger partial charge in [0.25, 0.3) is 5.91 Å². The number of fused-ring (bicyclic) bond motifs is 1. The molecule has 0 unspecified atom stereocenters. The number of carbonyl (C=O) groups is 1. The Balaban J connectivity index is 1.53. The Morgan fingerprint density at radius 2 is 1.97 bits per heavy atom. The van der Waals surface area contributed by atoms with Gasteiger partial charge in [-0.05, 0) is 49.7 Å². The molecule has 3 aromatic rings. The zero-order chi connectivity index (χ0) is 20.4. The number of quaternary nitrogens is 1. The lowest BCUT2D eigenvalue weighted by Gasteiger charge is -2.25. The lowest BCUT2D eigenvalue weighted by Crippen LogP contribution is -3.11. The van der Waals surface area contributed by atoms with Gasteiger partial charge in [0.05, 0.1) is 26.7 Å². The third-order valence-corrected chi connectivity index (χ3v) is 6.27. The summed E-state index contributed by atoms with van der Waals surface area (Å²) in [5, 5.41) is 4.31. The van der Waals surface area contributed by atoms with Crippen molar-refractivity contribution in [3.63, 3.8) is 0 Å². The highest BCUT2D eigenvalue weighted by Crippen LogP contribution is 2.23. The molecule has 0 bridgehead atoms. The number of likely N-dealkylation sites (tertiary alicyclic amines) is 1. The average molecular weight is 393 g/mol. The topological polar surface area (TPSA) is 58.6 Å². The van der Waals surface area contributed by atoms with Crippen molar-refractivity contribution in [1.82, 2.24) is 10.3 Å². The van der Waals surface area contributed by atoms with Gasteiger partial charge in [0.1, 0.15) is 11.8 Å². The van der Waals surface area contributed by atoms with Crippen molar-refractivity contribution in [3.8, 4) is 5.75 Å². The number of nitrogens with one attached hydrogen (secondary N) is 3. The lowest BCUT2D eigenvalue weighted by atomic mass is 10.0. The molecule has 2 aromatic carbocycles. The van der Waals surface area contributed by atoms with E-state index < -0.39 is 0 Å². The number of ether oxygens (including phenoxy) is 1. The van der Waals surface area contributed by atoms with Crippen LogP contribution in [0, 0.1) is 13.8 Å². The van der Waals surface area contributed by atoms with Crippen LogP contribution in [0.25, 0.3) is 10.9 Å². The van der Waals surface area contributed by atoms with Crippen LogP contribution in [0.15, 0.2) is 42.5 Å². The number of aromatic amines is 1. The number of methoxy groups -OCH3 is 1. The van der Waals surface area contributed by atoms with Crippen LogP contribution in [0.5, 0.6) is 5.75 Å². The molecular formula is C24H30N3O2+. The Bertz CT molecular complexity index is 1020. The number of carbonyl (C=O) groups excluding carboxylic acids is 1. The van der Waals surface area contributed by atoms with Gasteiger partial charge in [-0.2, -0.15) is 0 Å². The summed E-state index contributed by atoms with van der Waals surface area (Å²) in [5.41, 5.74) is 5.35. The van der Waals surface area contributed by atoms with E-state index in [-0.39, 0.29) is 11.9 Å². The molecular weight excluding hydrogens is 362 g/mol. The summed E-state index contributed by atoms with van der Waals surface area (Å²) in [5.74, 6) is 0.845. The normalized spacial score (nSPS) is 15.6. The van der Waals surface area contributed by atoms with Gasteiger partial charge < -0.3 is 19.9 Å². The molecule has 0 saturated carbocycles. The molecule has 1 amide bonds. The fraction of sp³-hybridized carbons (Fsp3) is 0.375. The minimum Gasteiger partial charge on any atom is -0.497 e.